The predicted octanol–water partition coefficient (Wildman–Crippen LogP) is 2.53. The Labute approximate surface area is 154 Å². The van der Waals surface area contributed by atoms with Crippen molar-refractivity contribution in [2.45, 2.75) is 13.5 Å². The number of nitrogens with one attached hydrogen (secondary N) is 1. The van der Waals surface area contributed by atoms with Gasteiger partial charge in [0.25, 0.3) is 5.56 Å². The van der Waals surface area contributed by atoms with Gasteiger partial charge in [-0.3, -0.25) is 9.59 Å². The molecule has 0 saturated carbocycles. The molecule has 2 aromatic carbocycles. The maximum absolute atomic E-state index is 12.6. The van der Waals surface area contributed by atoms with Gasteiger partial charge in [-0.15, -0.1) is 0 Å². The van der Waals surface area contributed by atoms with E-state index in [1.807, 2.05) is 42.0 Å². The lowest BCUT2D eigenvalue weighted by atomic mass is 10.1. The standard InChI is InChI=1S/C20H17N5O2/c1-14-17-4-2-3-5-18(17)20(27)25(23-14)12-19(26)22-15-6-8-16(9-7-15)24-11-10-21-13-24/h2-11,13H,12H2,1H3,(H,22,26). The van der Waals surface area contributed by atoms with Crippen LogP contribution in [0.1, 0.15) is 5.69 Å². The second-order valence-electron chi connectivity index (χ2n) is 6.16. The Morgan fingerprint density at radius 2 is 1.81 bits per heavy atom. The van der Waals surface area contributed by atoms with E-state index in [2.05, 4.69) is 15.4 Å². The largest absolute Gasteiger partial charge is 0.324 e. The zero-order valence-electron chi connectivity index (χ0n) is 14.7. The fraction of sp³-hybridized carbons (Fsp3) is 0.100. The van der Waals surface area contributed by atoms with E-state index >= 15 is 0 Å². The molecule has 2 aromatic heterocycles. The first-order valence-corrected chi connectivity index (χ1v) is 8.46. The lowest BCUT2D eigenvalue weighted by Crippen LogP contribution is -2.30. The Bertz CT molecular complexity index is 1160. The lowest BCUT2D eigenvalue weighted by Gasteiger charge is -2.10. The Morgan fingerprint density at radius 1 is 1.07 bits per heavy atom. The molecule has 27 heavy (non-hydrogen) atoms. The van der Waals surface area contributed by atoms with Crippen LogP contribution in [-0.4, -0.2) is 25.2 Å². The Balaban J connectivity index is 1.52. The van der Waals surface area contributed by atoms with Gasteiger partial charge in [-0.1, -0.05) is 18.2 Å². The van der Waals surface area contributed by atoms with Gasteiger partial charge in [0.1, 0.15) is 6.54 Å². The number of amides is 1. The van der Waals surface area contributed by atoms with Gasteiger partial charge in [0.15, 0.2) is 0 Å². The monoisotopic (exact) mass is 359 g/mol. The topological polar surface area (TPSA) is 81.8 Å². The number of hydrogen-bond donors (Lipinski definition) is 1. The van der Waals surface area contributed by atoms with Crippen molar-refractivity contribution >= 4 is 22.4 Å². The molecule has 0 aliphatic carbocycles. The van der Waals surface area contributed by atoms with Crippen LogP contribution >= 0.6 is 0 Å². The summed E-state index contributed by atoms with van der Waals surface area (Å²) in [5.74, 6) is -0.310. The summed E-state index contributed by atoms with van der Waals surface area (Å²) in [4.78, 5) is 28.9. The number of rotatable bonds is 4. The molecule has 0 unspecified atom stereocenters. The molecule has 0 radical (unpaired) electrons. The minimum Gasteiger partial charge on any atom is -0.324 e. The molecule has 134 valence electrons. The fourth-order valence-electron chi connectivity index (χ4n) is 2.98. The fourth-order valence-corrected chi connectivity index (χ4v) is 2.98. The zero-order chi connectivity index (χ0) is 18.8. The molecule has 0 aliphatic heterocycles. The van der Waals surface area contributed by atoms with Crippen LogP contribution in [0.3, 0.4) is 0 Å². The number of aromatic nitrogens is 4. The number of anilines is 1. The first-order chi connectivity index (χ1) is 13.1. The van der Waals surface area contributed by atoms with E-state index in [1.54, 1.807) is 36.8 Å². The molecule has 0 aliphatic rings. The van der Waals surface area contributed by atoms with E-state index in [9.17, 15) is 9.59 Å². The number of imidazole rings is 1. The van der Waals surface area contributed by atoms with E-state index in [0.29, 0.717) is 16.8 Å². The highest BCUT2D eigenvalue weighted by molar-refractivity contribution is 5.91. The molecule has 4 aromatic rings. The Kier molecular flexibility index (Phi) is 4.25. The van der Waals surface area contributed by atoms with Crippen molar-refractivity contribution in [1.82, 2.24) is 19.3 Å². The third kappa shape index (κ3) is 3.35. The van der Waals surface area contributed by atoms with Gasteiger partial charge in [0, 0.05) is 29.2 Å². The van der Waals surface area contributed by atoms with E-state index in [4.69, 9.17) is 0 Å². The molecule has 0 bridgehead atoms. The quantitative estimate of drug-likeness (QED) is 0.607. The van der Waals surface area contributed by atoms with Gasteiger partial charge in [0.05, 0.1) is 17.4 Å². The summed E-state index contributed by atoms with van der Waals surface area (Å²) < 4.78 is 3.07. The Morgan fingerprint density at radius 3 is 2.52 bits per heavy atom. The number of carbonyl (C=O) groups is 1. The zero-order valence-corrected chi connectivity index (χ0v) is 14.7. The molecule has 0 atom stereocenters. The third-order valence-corrected chi connectivity index (χ3v) is 4.30. The molecule has 7 nitrogen and oxygen atoms in total. The summed E-state index contributed by atoms with van der Waals surface area (Å²) in [5.41, 5.74) is 2.02. The van der Waals surface area contributed by atoms with Crippen molar-refractivity contribution < 1.29 is 4.79 Å². The van der Waals surface area contributed by atoms with Crippen LogP contribution in [0, 0.1) is 6.92 Å². The van der Waals surface area contributed by atoms with Crippen LogP contribution in [0.15, 0.2) is 72.0 Å². The van der Waals surface area contributed by atoms with E-state index in [-0.39, 0.29) is 18.0 Å². The molecule has 0 fully saturated rings. The van der Waals surface area contributed by atoms with E-state index in [0.717, 1.165) is 11.1 Å². The number of fused-ring (bicyclic) bond motifs is 1. The van der Waals surface area contributed by atoms with Crippen molar-refractivity contribution in [1.29, 1.82) is 0 Å². The van der Waals surface area contributed by atoms with Crippen LogP contribution in [0.4, 0.5) is 5.69 Å². The third-order valence-electron chi connectivity index (χ3n) is 4.30. The van der Waals surface area contributed by atoms with Gasteiger partial charge in [-0.05, 0) is 37.3 Å². The molecule has 0 saturated heterocycles. The normalized spacial score (nSPS) is 10.9. The summed E-state index contributed by atoms with van der Waals surface area (Å²) in [6, 6.07) is 14.6. The highest BCUT2D eigenvalue weighted by atomic mass is 16.2. The minimum atomic E-state index is -0.310. The number of benzene rings is 2. The highest BCUT2D eigenvalue weighted by Gasteiger charge is 2.11. The summed E-state index contributed by atoms with van der Waals surface area (Å²) in [5, 5.41) is 8.42. The second-order valence-corrected chi connectivity index (χ2v) is 6.16. The summed E-state index contributed by atoms with van der Waals surface area (Å²) in [6.07, 6.45) is 5.24. The molecular formula is C20H17N5O2. The summed E-state index contributed by atoms with van der Waals surface area (Å²) in [6.45, 7) is 1.68. The Hall–Kier alpha value is -3.74. The van der Waals surface area contributed by atoms with Crippen molar-refractivity contribution in [2.24, 2.45) is 0 Å². The van der Waals surface area contributed by atoms with E-state index in [1.165, 1.54) is 4.68 Å². The first kappa shape index (κ1) is 16.7. The molecule has 7 heteroatoms. The molecule has 4 rings (SSSR count). The van der Waals surface area contributed by atoms with Crippen molar-refractivity contribution in [3.05, 3.63) is 83.3 Å². The number of nitrogens with zero attached hydrogens (tertiary/aromatic N) is 4. The van der Waals surface area contributed by atoms with Crippen LogP contribution in [-0.2, 0) is 11.3 Å². The molecule has 0 spiro atoms. The van der Waals surface area contributed by atoms with Gasteiger partial charge in [0.2, 0.25) is 5.91 Å². The van der Waals surface area contributed by atoms with Crippen LogP contribution in [0.25, 0.3) is 16.5 Å². The van der Waals surface area contributed by atoms with Gasteiger partial charge in [-0.25, -0.2) is 9.67 Å². The van der Waals surface area contributed by atoms with Crippen LogP contribution < -0.4 is 10.9 Å². The van der Waals surface area contributed by atoms with Crippen molar-refractivity contribution in [2.75, 3.05) is 5.32 Å². The highest BCUT2D eigenvalue weighted by Crippen LogP contribution is 2.14. The van der Waals surface area contributed by atoms with Crippen LogP contribution in [0.2, 0.25) is 0 Å². The molecule has 1 N–H and O–H groups in total. The lowest BCUT2D eigenvalue weighted by molar-refractivity contribution is -0.117. The maximum atomic E-state index is 12.6. The van der Waals surface area contributed by atoms with Gasteiger partial charge < -0.3 is 9.88 Å². The predicted molar refractivity (Wildman–Crippen MR) is 103 cm³/mol. The van der Waals surface area contributed by atoms with Crippen molar-refractivity contribution in [3.8, 4) is 5.69 Å². The maximum Gasteiger partial charge on any atom is 0.275 e. The molecule has 1 amide bonds. The van der Waals surface area contributed by atoms with Gasteiger partial charge >= 0.3 is 0 Å². The van der Waals surface area contributed by atoms with Gasteiger partial charge in [-0.2, -0.15) is 5.10 Å². The number of aryl methyl sites for hydroxylation is 1. The average molecular weight is 359 g/mol. The smallest absolute Gasteiger partial charge is 0.275 e. The molecular weight excluding hydrogens is 342 g/mol. The SMILES string of the molecule is Cc1nn(CC(=O)Nc2ccc(-n3ccnc3)cc2)c(=O)c2ccccc12. The first-order valence-electron chi connectivity index (χ1n) is 8.46. The molecule has 2 heterocycles. The minimum absolute atomic E-state index is 0.145. The average Bonchev–Trinajstić information content (AvgIpc) is 3.21. The second kappa shape index (κ2) is 6.87. The summed E-state index contributed by atoms with van der Waals surface area (Å²) >= 11 is 0. The van der Waals surface area contributed by atoms with E-state index < -0.39 is 0 Å². The summed E-state index contributed by atoms with van der Waals surface area (Å²) in [7, 11) is 0. The van der Waals surface area contributed by atoms with Crippen LogP contribution in [0.5, 0.6) is 0 Å². The number of hydrogen-bond acceptors (Lipinski definition) is 4. The van der Waals surface area contributed by atoms with Crippen molar-refractivity contribution in [3.63, 3.8) is 0 Å². The number of carbonyl (C=O) groups excluding carboxylic acids is 1.